The highest BCUT2D eigenvalue weighted by Gasteiger charge is 2.35. The van der Waals surface area contributed by atoms with Gasteiger partial charge in [-0.25, -0.2) is 9.78 Å². The topological polar surface area (TPSA) is 94.9 Å². The van der Waals surface area contributed by atoms with E-state index in [4.69, 9.17) is 5.26 Å². The summed E-state index contributed by atoms with van der Waals surface area (Å²) in [5.74, 6) is -0.693. The molecule has 0 spiro atoms. The third-order valence-corrected chi connectivity index (χ3v) is 5.53. The van der Waals surface area contributed by atoms with Crippen LogP contribution in [0, 0.1) is 24.2 Å². The molecule has 1 fully saturated rings. The van der Waals surface area contributed by atoms with E-state index in [1.54, 1.807) is 0 Å². The zero-order chi connectivity index (χ0) is 20.9. The smallest absolute Gasteiger partial charge is 0.335 e. The van der Waals surface area contributed by atoms with Crippen LogP contribution in [0.5, 0.6) is 0 Å². The van der Waals surface area contributed by atoms with Gasteiger partial charge in [0.25, 0.3) is 0 Å². The van der Waals surface area contributed by atoms with Gasteiger partial charge in [0, 0.05) is 11.7 Å². The molecule has 1 aliphatic rings. The summed E-state index contributed by atoms with van der Waals surface area (Å²) in [5, 5.41) is 13.8. The summed E-state index contributed by atoms with van der Waals surface area (Å²) in [6.07, 6.45) is -0.729. The predicted molar refractivity (Wildman–Crippen MR) is 97.5 cm³/mol. The SMILES string of the molecule is Cc1cc(C(F)(F)F)c(C#N)c(SCC(=O)NC(=O)NC2CCCCC2C)n1. The molecule has 2 rings (SSSR count). The van der Waals surface area contributed by atoms with E-state index in [0.717, 1.165) is 31.7 Å². The van der Waals surface area contributed by atoms with Gasteiger partial charge in [0.2, 0.25) is 5.91 Å². The molecule has 6 nitrogen and oxygen atoms in total. The Labute approximate surface area is 165 Å². The number of nitrogens with one attached hydrogen (secondary N) is 2. The second-order valence-corrected chi connectivity index (χ2v) is 7.74. The number of carbonyl (C=O) groups excluding carboxylic acids is 2. The van der Waals surface area contributed by atoms with Gasteiger partial charge < -0.3 is 5.32 Å². The van der Waals surface area contributed by atoms with Gasteiger partial charge in [-0.3, -0.25) is 10.1 Å². The van der Waals surface area contributed by atoms with Crippen molar-refractivity contribution in [2.75, 3.05) is 5.75 Å². The number of carbonyl (C=O) groups is 2. The van der Waals surface area contributed by atoms with Gasteiger partial charge in [0.1, 0.15) is 11.1 Å². The molecule has 2 N–H and O–H groups in total. The molecule has 0 bridgehead atoms. The zero-order valence-corrected chi connectivity index (χ0v) is 16.3. The van der Waals surface area contributed by atoms with Crippen LogP contribution in [0.4, 0.5) is 18.0 Å². The number of aryl methyl sites for hydroxylation is 1. The molecule has 0 saturated heterocycles. The number of thioether (sulfide) groups is 1. The van der Waals surface area contributed by atoms with Gasteiger partial charge in [-0.05, 0) is 31.7 Å². The van der Waals surface area contributed by atoms with Crippen molar-refractivity contribution in [2.45, 2.75) is 56.8 Å². The number of aromatic nitrogens is 1. The second-order valence-electron chi connectivity index (χ2n) is 6.78. The van der Waals surface area contributed by atoms with Crippen molar-refractivity contribution >= 4 is 23.7 Å². The van der Waals surface area contributed by atoms with Crippen LogP contribution >= 0.6 is 11.8 Å². The average Bonchev–Trinajstić information content (AvgIpc) is 2.60. The Hall–Kier alpha value is -2.28. The molecule has 152 valence electrons. The molecule has 1 saturated carbocycles. The molecule has 0 radical (unpaired) electrons. The fourth-order valence-corrected chi connectivity index (χ4v) is 3.96. The molecule has 0 aromatic carbocycles. The lowest BCUT2D eigenvalue weighted by Crippen LogP contribution is -2.48. The molecule has 10 heteroatoms. The molecule has 0 aliphatic heterocycles. The number of nitrogens with zero attached hydrogens (tertiary/aromatic N) is 2. The number of halogens is 3. The van der Waals surface area contributed by atoms with Crippen molar-refractivity contribution in [3.63, 3.8) is 0 Å². The Kier molecular flexibility index (Phi) is 7.29. The molecular weight excluding hydrogens is 393 g/mol. The molecule has 2 unspecified atom stereocenters. The van der Waals surface area contributed by atoms with Crippen LogP contribution in [0.15, 0.2) is 11.1 Å². The fraction of sp³-hybridized carbons (Fsp3) is 0.556. The third kappa shape index (κ3) is 5.86. The minimum Gasteiger partial charge on any atom is -0.335 e. The number of hydrogen-bond donors (Lipinski definition) is 2. The Bertz CT molecular complexity index is 792. The number of nitriles is 1. The van der Waals surface area contributed by atoms with Crippen molar-refractivity contribution in [2.24, 2.45) is 5.92 Å². The third-order valence-electron chi connectivity index (χ3n) is 4.55. The van der Waals surface area contributed by atoms with Gasteiger partial charge in [0.15, 0.2) is 0 Å². The molecule has 1 aliphatic carbocycles. The molecule has 28 heavy (non-hydrogen) atoms. The number of amides is 3. The van der Waals surface area contributed by atoms with E-state index in [-0.39, 0.29) is 22.5 Å². The maximum atomic E-state index is 13.1. The minimum absolute atomic E-state index is 0.00724. The Morgan fingerprint density at radius 1 is 1.36 bits per heavy atom. The first-order valence-electron chi connectivity index (χ1n) is 8.84. The van der Waals surface area contributed by atoms with Crippen molar-refractivity contribution in [3.8, 4) is 6.07 Å². The number of rotatable bonds is 4. The predicted octanol–water partition coefficient (Wildman–Crippen LogP) is 3.78. The summed E-state index contributed by atoms with van der Waals surface area (Å²) in [5.41, 5.74) is -1.64. The summed E-state index contributed by atoms with van der Waals surface area (Å²) in [4.78, 5) is 27.9. The van der Waals surface area contributed by atoms with E-state index in [2.05, 4.69) is 15.6 Å². The molecular formula is C18H21F3N4O2S. The largest absolute Gasteiger partial charge is 0.417 e. The van der Waals surface area contributed by atoms with E-state index in [0.29, 0.717) is 17.7 Å². The maximum absolute atomic E-state index is 13.1. The van der Waals surface area contributed by atoms with Crippen LogP contribution in [0.1, 0.15) is 49.4 Å². The van der Waals surface area contributed by atoms with Crippen molar-refractivity contribution in [3.05, 3.63) is 22.9 Å². The van der Waals surface area contributed by atoms with Crippen molar-refractivity contribution < 1.29 is 22.8 Å². The Balaban J connectivity index is 1.98. The number of urea groups is 1. The average molecular weight is 414 g/mol. The summed E-state index contributed by atoms with van der Waals surface area (Å²) in [6.45, 7) is 3.41. The molecule has 1 heterocycles. The van der Waals surface area contributed by atoms with Gasteiger partial charge in [-0.2, -0.15) is 18.4 Å². The Morgan fingerprint density at radius 2 is 2.04 bits per heavy atom. The highest BCUT2D eigenvalue weighted by molar-refractivity contribution is 8.00. The van der Waals surface area contributed by atoms with E-state index >= 15 is 0 Å². The Morgan fingerprint density at radius 3 is 2.64 bits per heavy atom. The highest BCUT2D eigenvalue weighted by Crippen LogP contribution is 2.35. The number of hydrogen-bond acceptors (Lipinski definition) is 5. The van der Waals surface area contributed by atoms with Crippen LogP contribution in [0.25, 0.3) is 0 Å². The maximum Gasteiger partial charge on any atom is 0.417 e. The highest BCUT2D eigenvalue weighted by atomic mass is 32.2. The lowest BCUT2D eigenvalue weighted by molar-refractivity contribution is -0.138. The number of alkyl halides is 3. The van der Waals surface area contributed by atoms with Gasteiger partial charge in [-0.15, -0.1) is 0 Å². The van der Waals surface area contributed by atoms with Crippen LogP contribution in [0.2, 0.25) is 0 Å². The van der Waals surface area contributed by atoms with E-state index in [9.17, 15) is 22.8 Å². The molecule has 1 aromatic rings. The summed E-state index contributed by atoms with van der Waals surface area (Å²) < 4.78 is 39.3. The summed E-state index contributed by atoms with van der Waals surface area (Å²) in [6, 6.07) is 1.67. The normalized spacial score (nSPS) is 19.6. The van der Waals surface area contributed by atoms with Crippen molar-refractivity contribution in [1.29, 1.82) is 5.26 Å². The first-order valence-corrected chi connectivity index (χ1v) is 9.82. The zero-order valence-electron chi connectivity index (χ0n) is 15.5. The summed E-state index contributed by atoms with van der Waals surface area (Å²) >= 11 is 0.687. The van der Waals surface area contributed by atoms with Crippen LogP contribution in [0.3, 0.4) is 0 Å². The number of imide groups is 1. The minimum atomic E-state index is -4.70. The first kappa shape index (κ1) is 22.0. The number of pyridine rings is 1. The summed E-state index contributed by atoms with van der Waals surface area (Å²) in [7, 11) is 0. The lowest BCUT2D eigenvalue weighted by atomic mass is 9.86. The van der Waals surface area contributed by atoms with Crippen molar-refractivity contribution in [1.82, 2.24) is 15.6 Å². The van der Waals surface area contributed by atoms with E-state index in [1.165, 1.54) is 13.0 Å². The van der Waals surface area contributed by atoms with Gasteiger partial charge in [0.05, 0.1) is 16.9 Å². The molecule has 1 aromatic heterocycles. The quantitative estimate of drug-likeness (QED) is 0.731. The molecule has 2 atom stereocenters. The van der Waals surface area contributed by atoms with Gasteiger partial charge >= 0.3 is 12.2 Å². The fourth-order valence-electron chi connectivity index (χ4n) is 3.11. The van der Waals surface area contributed by atoms with Gasteiger partial charge in [-0.1, -0.05) is 31.5 Å². The first-order chi connectivity index (χ1) is 13.1. The standard InChI is InChI=1S/C18H21F3N4O2S/c1-10-5-3-4-6-14(10)24-17(27)25-15(26)9-28-16-12(8-22)13(18(19,20)21)7-11(2)23-16/h7,10,14H,3-6,9H2,1-2H3,(H2,24,25,26,27). The van der Waals surface area contributed by atoms with E-state index in [1.807, 2.05) is 6.92 Å². The molecule has 3 amide bonds. The van der Waals surface area contributed by atoms with Crippen LogP contribution in [-0.4, -0.2) is 28.7 Å². The monoisotopic (exact) mass is 414 g/mol. The lowest BCUT2D eigenvalue weighted by Gasteiger charge is -2.29. The second kappa shape index (κ2) is 9.28. The van der Waals surface area contributed by atoms with Crippen LogP contribution in [-0.2, 0) is 11.0 Å². The van der Waals surface area contributed by atoms with Crippen LogP contribution < -0.4 is 10.6 Å². The van der Waals surface area contributed by atoms with E-state index < -0.39 is 29.2 Å².